The normalized spacial score (nSPS) is 12.3. The highest BCUT2D eigenvalue weighted by Gasteiger charge is 2.20. The van der Waals surface area contributed by atoms with Crippen molar-refractivity contribution in [3.05, 3.63) is 116 Å². The number of aryl methyl sites for hydroxylation is 2. The number of nitrogens with zero attached hydrogens (tertiary/aromatic N) is 3. The summed E-state index contributed by atoms with van der Waals surface area (Å²) in [5, 5.41) is 4.58. The predicted molar refractivity (Wildman–Crippen MR) is 129 cm³/mol. The van der Waals surface area contributed by atoms with Gasteiger partial charge in [0, 0.05) is 28.2 Å². The van der Waals surface area contributed by atoms with Gasteiger partial charge >= 0.3 is 0 Å². The van der Waals surface area contributed by atoms with Crippen molar-refractivity contribution in [2.24, 2.45) is 0 Å². The van der Waals surface area contributed by atoms with Crippen molar-refractivity contribution in [1.82, 2.24) is 14.5 Å². The smallest absolute Gasteiger partial charge is 0.104 e. The van der Waals surface area contributed by atoms with Crippen LogP contribution in [0, 0.1) is 0 Å². The number of halogens is 2. The first-order valence-corrected chi connectivity index (χ1v) is 11.6. The zero-order chi connectivity index (χ0) is 21.2. The standard InChI is InChI=1S/C25H19Cl2N3S/c26-20-7-4-18(5-8-20)24(25-28-11-13-31-25)19-6-9-22-23(15-19)30(16-29-22)12-10-17-2-1-3-21(27)14-17/h1-9,11,13-16,24H,10,12H2. The molecule has 2 heterocycles. The lowest BCUT2D eigenvalue weighted by molar-refractivity contribution is 0.715. The molecule has 0 amide bonds. The third-order valence-corrected chi connectivity index (χ3v) is 6.74. The van der Waals surface area contributed by atoms with Gasteiger partial charge in [0.2, 0.25) is 0 Å². The molecule has 1 unspecified atom stereocenters. The van der Waals surface area contributed by atoms with Gasteiger partial charge in [0.15, 0.2) is 0 Å². The van der Waals surface area contributed by atoms with E-state index in [1.807, 2.05) is 48.2 Å². The Hall–Kier alpha value is -2.66. The minimum Gasteiger partial charge on any atom is -0.330 e. The van der Waals surface area contributed by atoms with Gasteiger partial charge < -0.3 is 4.57 Å². The number of hydrogen-bond donors (Lipinski definition) is 0. The van der Waals surface area contributed by atoms with E-state index < -0.39 is 0 Å². The molecule has 0 bridgehead atoms. The molecule has 3 aromatic carbocycles. The van der Waals surface area contributed by atoms with Crippen molar-refractivity contribution in [3.63, 3.8) is 0 Å². The molecule has 154 valence electrons. The van der Waals surface area contributed by atoms with Crippen LogP contribution in [0.25, 0.3) is 11.0 Å². The van der Waals surface area contributed by atoms with E-state index in [0.717, 1.165) is 39.1 Å². The minimum atomic E-state index is 0.0537. The van der Waals surface area contributed by atoms with Gasteiger partial charge in [-0.15, -0.1) is 11.3 Å². The van der Waals surface area contributed by atoms with Crippen LogP contribution in [0.3, 0.4) is 0 Å². The summed E-state index contributed by atoms with van der Waals surface area (Å²) in [6, 6.07) is 22.5. The lowest BCUT2D eigenvalue weighted by Gasteiger charge is -2.16. The van der Waals surface area contributed by atoms with E-state index in [4.69, 9.17) is 23.2 Å². The van der Waals surface area contributed by atoms with Crippen molar-refractivity contribution in [2.75, 3.05) is 0 Å². The number of rotatable bonds is 6. The van der Waals surface area contributed by atoms with Crippen LogP contribution in [-0.4, -0.2) is 14.5 Å². The number of aromatic nitrogens is 3. The average molecular weight is 464 g/mol. The summed E-state index contributed by atoms with van der Waals surface area (Å²) >= 11 is 13.9. The molecule has 3 nitrogen and oxygen atoms in total. The molecule has 1 atom stereocenters. The summed E-state index contributed by atoms with van der Waals surface area (Å²) in [5.74, 6) is 0.0537. The zero-order valence-corrected chi connectivity index (χ0v) is 18.9. The fourth-order valence-electron chi connectivity index (χ4n) is 3.88. The number of imidazole rings is 1. The van der Waals surface area contributed by atoms with Gasteiger partial charge in [-0.3, -0.25) is 0 Å². The second-order valence-corrected chi connectivity index (χ2v) is 9.22. The lowest BCUT2D eigenvalue weighted by atomic mass is 9.91. The summed E-state index contributed by atoms with van der Waals surface area (Å²) in [6.07, 6.45) is 4.67. The summed E-state index contributed by atoms with van der Waals surface area (Å²) in [4.78, 5) is 9.22. The molecule has 31 heavy (non-hydrogen) atoms. The molecule has 0 radical (unpaired) electrons. The van der Waals surface area contributed by atoms with Crippen molar-refractivity contribution < 1.29 is 0 Å². The Morgan fingerprint density at radius 1 is 0.871 bits per heavy atom. The Bertz CT molecular complexity index is 1310. The second kappa shape index (κ2) is 8.83. The second-order valence-electron chi connectivity index (χ2n) is 7.42. The summed E-state index contributed by atoms with van der Waals surface area (Å²) in [6.45, 7) is 0.836. The minimum absolute atomic E-state index is 0.0537. The van der Waals surface area contributed by atoms with E-state index in [2.05, 4.69) is 50.9 Å². The van der Waals surface area contributed by atoms with E-state index >= 15 is 0 Å². The zero-order valence-electron chi connectivity index (χ0n) is 16.6. The van der Waals surface area contributed by atoms with Gasteiger partial charge in [-0.1, -0.05) is 53.5 Å². The third kappa shape index (κ3) is 4.38. The Balaban J connectivity index is 1.51. The number of hydrogen-bond acceptors (Lipinski definition) is 3. The number of thiazole rings is 1. The van der Waals surface area contributed by atoms with Crippen LogP contribution in [0.15, 0.2) is 84.6 Å². The van der Waals surface area contributed by atoms with E-state index in [0.29, 0.717) is 0 Å². The Labute approximate surface area is 194 Å². The van der Waals surface area contributed by atoms with Crippen LogP contribution in [0.5, 0.6) is 0 Å². The average Bonchev–Trinajstić information content (AvgIpc) is 3.44. The predicted octanol–water partition coefficient (Wildman–Crippen LogP) is 7.22. The van der Waals surface area contributed by atoms with E-state index in [9.17, 15) is 0 Å². The van der Waals surface area contributed by atoms with Crippen molar-refractivity contribution in [1.29, 1.82) is 0 Å². The molecule has 0 spiro atoms. The fourth-order valence-corrected chi connectivity index (χ4v) is 5.01. The molecular formula is C25H19Cl2N3S. The van der Waals surface area contributed by atoms with Crippen LogP contribution in [-0.2, 0) is 13.0 Å². The molecule has 0 fully saturated rings. The molecule has 0 saturated heterocycles. The lowest BCUT2D eigenvalue weighted by Crippen LogP contribution is -2.04. The first kappa shape index (κ1) is 20.3. The Morgan fingerprint density at radius 3 is 2.48 bits per heavy atom. The summed E-state index contributed by atoms with van der Waals surface area (Å²) in [7, 11) is 0. The largest absolute Gasteiger partial charge is 0.330 e. The molecule has 6 heteroatoms. The molecule has 2 aromatic heterocycles. The van der Waals surface area contributed by atoms with E-state index in [1.54, 1.807) is 11.3 Å². The quantitative estimate of drug-likeness (QED) is 0.266. The Morgan fingerprint density at radius 2 is 1.71 bits per heavy atom. The van der Waals surface area contributed by atoms with Crippen LogP contribution in [0.4, 0.5) is 0 Å². The van der Waals surface area contributed by atoms with Crippen molar-refractivity contribution >= 4 is 45.6 Å². The highest BCUT2D eigenvalue weighted by molar-refractivity contribution is 7.09. The van der Waals surface area contributed by atoms with Gasteiger partial charge in [-0.05, 0) is 59.5 Å². The fraction of sp³-hybridized carbons (Fsp3) is 0.120. The monoisotopic (exact) mass is 463 g/mol. The first-order valence-electron chi connectivity index (χ1n) is 10.0. The third-order valence-electron chi connectivity index (χ3n) is 5.41. The number of fused-ring (bicyclic) bond motifs is 1. The summed E-state index contributed by atoms with van der Waals surface area (Å²) < 4.78 is 2.21. The molecule has 0 aliphatic rings. The van der Waals surface area contributed by atoms with Crippen LogP contribution in [0.2, 0.25) is 10.0 Å². The molecule has 0 aliphatic carbocycles. The Kier molecular flexibility index (Phi) is 5.77. The van der Waals surface area contributed by atoms with Gasteiger partial charge in [-0.25, -0.2) is 9.97 Å². The molecule has 0 N–H and O–H groups in total. The van der Waals surface area contributed by atoms with Crippen LogP contribution < -0.4 is 0 Å². The molecule has 0 aliphatic heterocycles. The maximum Gasteiger partial charge on any atom is 0.104 e. The maximum absolute atomic E-state index is 6.14. The van der Waals surface area contributed by atoms with Gasteiger partial charge in [-0.2, -0.15) is 0 Å². The number of benzene rings is 3. The SMILES string of the molecule is Clc1ccc(C(c2ccc3ncn(CCc4cccc(Cl)c4)c3c2)c2nccs2)cc1. The van der Waals surface area contributed by atoms with Gasteiger partial charge in [0.05, 0.1) is 23.3 Å². The van der Waals surface area contributed by atoms with Gasteiger partial charge in [0.1, 0.15) is 5.01 Å². The maximum atomic E-state index is 6.14. The molecule has 5 aromatic rings. The van der Waals surface area contributed by atoms with Crippen LogP contribution in [0.1, 0.15) is 27.6 Å². The topological polar surface area (TPSA) is 30.7 Å². The van der Waals surface area contributed by atoms with E-state index in [-0.39, 0.29) is 5.92 Å². The highest BCUT2D eigenvalue weighted by atomic mass is 35.5. The van der Waals surface area contributed by atoms with Crippen molar-refractivity contribution in [3.8, 4) is 0 Å². The molecule has 5 rings (SSSR count). The van der Waals surface area contributed by atoms with E-state index in [1.165, 1.54) is 16.7 Å². The van der Waals surface area contributed by atoms with Gasteiger partial charge in [0.25, 0.3) is 0 Å². The summed E-state index contributed by atoms with van der Waals surface area (Å²) in [5.41, 5.74) is 5.68. The highest BCUT2D eigenvalue weighted by Crippen LogP contribution is 2.35. The first-order chi connectivity index (χ1) is 15.2. The molecule has 0 saturated carbocycles. The molecular weight excluding hydrogens is 445 g/mol. The van der Waals surface area contributed by atoms with Crippen LogP contribution >= 0.6 is 34.5 Å². The van der Waals surface area contributed by atoms with Crippen molar-refractivity contribution in [2.45, 2.75) is 18.9 Å².